The van der Waals surface area contributed by atoms with Crippen LogP contribution in [-0.4, -0.2) is 11.7 Å². The maximum absolute atomic E-state index is 11.6. The van der Waals surface area contributed by atoms with Crippen LogP contribution in [0.25, 0.3) is 12.2 Å². The van der Waals surface area contributed by atoms with Gasteiger partial charge >= 0.3 is 0 Å². The molecule has 21 heavy (non-hydrogen) atoms. The van der Waals surface area contributed by atoms with Crippen molar-refractivity contribution in [2.24, 2.45) is 0 Å². The Morgan fingerprint density at radius 2 is 1.81 bits per heavy atom. The monoisotopic (exact) mass is 291 g/mol. The van der Waals surface area contributed by atoms with Crippen LogP contribution < -0.4 is 5.56 Å². The van der Waals surface area contributed by atoms with Crippen molar-refractivity contribution in [2.45, 2.75) is 53.0 Å². The van der Waals surface area contributed by atoms with Gasteiger partial charge in [-0.15, -0.1) is 0 Å². The highest BCUT2D eigenvalue weighted by Gasteiger charge is 2.03. The predicted molar refractivity (Wildman–Crippen MR) is 92.3 cm³/mol. The molecule has 1 heterocycles. The summed E-state index contributed by atoms with van der Waals surface area (Å²) in [5.41, 5.74) is 1.73. The summed E-state index contributed by atoms with van der Waals surface area (Å²) in [5, 5.41) is 0. The molecule has 118 valence electrons. The Labute approximate surface area is 129 Å². The first-order valence-electron chi connectivity index (χ1n) is 7.71. The fraction of sp³-hybridized carbons (Fsp3) is 0.500. The number of ether oxygens (including phenoxy) is 1. The van der Waals surface area contributed by atoms with E-state index in [-0.39, 0.29) is 5.56 Å². The maximum atomic E-state index is 11.6. The first-order chi connectivity index (χ1) is 10.2. The molecule has 0 N–H and O–H groups in total. The molecule has 1 aromatic rings. The van der Waals surface area contributed by atoms with Crippen LogP contribution in [-0.2, 0) is 11.3 Å². The molecule has 3 nitrogen and oxygen atoms in total. The summed E-state index contributed by atoms with van der Waals surface area (Å²) in [6.45, 7) is 10.7. The Bertz CT molecular complexity index is 482. The van der Waals surface area contributed by atoms with E-state index in [0.717, 1.165) is 11.3 Å². The zero-order chi connectivity index (χ0) is 16.1. The van der Waals surface area contributed by atoms with Crippen LogP contribution in [0.1, 0.15) is 57.7 Å². The summed E-state index contributed by atoms with van der Waals surface area (Å²) in [6.07, 6.45) is 10.6. The first kappa shape index (κ1) is 19.2. The van der Waals surface area contributed by atoms with Crippen LogP contribution >= 0.6 is 0 Å². The average Bonchev–Trinajstić information content (AvgIpc) is 2.51. The summed E-state index contributed by atoms with van der Waals surface area (Å²) in [5.74, 6) is 0. The predicted octanol–water partition coefficient (Wildman–Crippen LogP) is 4.71. The number of hydrogen-bond acceptors (Lipinski definition) is 2. The molecule has 0 aliphatic carbocycles. The number of methoxy groups -OCH3 is 1. The second-order valence-corrected chi connectivity index (χ2v) is 4.71. The van der Waals surface area contributed by atoms with Gasteiger partial charge in [0.2, 0.25) is 0 Å². The third-order valence-electron chi connectivity index (χ3n) is 3.11. The number of aromatic nitrogens is 1. The lowest BCUT2D eigenvalue weighted by atomic mass is 10.2. The zero-order valence-corrected chi connectivity index (χ0v) is 13.9. The number of unbranched alkanes of at least 4 members (excludes halogenated alkanes) is 3. The van der Waals surface area contributed by atoms with E-state index in [0.29, 0.717) is 6.54 Å². The van der Waals surface area contributed by atoms with Crippen molar-refractivity contribution in [3.8, 4) is 0 Å². The van der Waals surface area contributed by atoms with Gasteiger partial charge < -0.3 is 9.30 Å². The van der Waals surface area contributed by atoms with Gasteiger partial charge in [-0.05, 0) is 24.6 Å². The van der Waals surface area contributed by atoms with Gasteiger partial charge in [-0.3, -0.25) is 4.79 Å². The molecule has 0 unspecified atom stereocenters. The van der Waals surface area contributed by atoms with Crippen molar-refractivity contribution in [2.75, 3.05) is 7.11 Å². The molecule has 0 aliphatic heterocycles. The van der Waals surface area contributed by atoms with Gasteiger partial charge in [-0.25, -0.2) is 0 Å². The zero-order valence-electron chi connectivity index (χ0n) is 13.9. The third-order valence-corrected chi connectivity index (χ3v) is 3.11. The first-order valence-corrected chi connectivity index (χ1v) is 7.71. The van der Waals surface area contributed by atoms with E-state index in [2.05, 4.69) is 20.4 Å². The minimum absolute atomic E-state index is 0.0150. The van der Waals surface area contributed by atoms with Gasteiger partial charge in [0.05, 0.1) is 19.1 Å². The summed E-state index contributed by atoms with van der Waals surface area (Å²) < 4.78 is 6.53. The number of hydrogen-bond donors (Lipinski definition) is 0. The molecule has 3 heteroatoms. The van der Waals surface area contributed by atoms with E-state index in [1.807, 2.05) is 6.92 Å². The van der Waals surface area contributed by atoms with E-state index >= 15 is 0 Å². The molecule has 1 rings (SSSR count). The lowest BCUT2D eigenvalue weighted by molar-refractivity contribution is 0.341. The Hall–Kier alpha value is -1.77. The van der Waals surface area contributed by atoms with Crippen LogP contribution in [0.5, 0.6) is 0 Å². The lowest BCUT2D eigenvalue weighted by Crippen LogP contribution is -2.21. The van der Waals surface area contributed by atoms with E-state index in [4.69, 9.17) is 4.74 Å². The topological polar surface area (TPSA) is 31.2 Å². The SMILES string of the molecule is C=Cc1ccc(=O)n(CC)c1/C=C/OC.CCCCCC. The largest absolute Gasteiger partial charge is 0.504 e. The summed E-state index contributed by atoms with van der Waals surface area (Å²) in [6, 6.07) is 3.31. The maximum Gasteiger partial charge on any atom is 0.251 e. The minimum Gasteiger partial charge on any atom is -0.504 e. The lowest BCUT2D eigenvalue weighted by Gasteiger charge is -2.09. The molecule has 0 fully saturated rings. The van der Waals surface area contributed by atoms with Gasteiger partial charge in [0, 0.05) is 12.6 Å². The Balaban J connectivity index is 0.000000567. The third kappa shape index (κ3) is 6.98. The van der Waals surface area contributed by atoms with Crippen molar-refractivity contribution in [3.05, 3.63) is 46.6 Å². The molecular formula is C18H29NO2. The van der Waals surface area contributed by atoms with Gasteiger partial charge in [0.25, 0.3) is 5.56 Å². The van der Waals surface area contributed by atoms with E-state index in [1.54, 1.807) is 42.2 Å². The molecule has 0 saturated heterocycles. The molecule has 0 amide bonds. The van der Waals surface area contributed by atoms with Gasteiger partial charge in [-0.2, -0.15) is 0 Å². The highest BCUT2D eigenvalue weighted by Crippen LogP contribution is 2.10. The summed E-state index contributed by atoms with van der Waals surface area (Å²) in [7, 11) is 1.57. The van der Waals surface area contributed by atoms with E-state index in [9.17, 15) is 4.79 Å². The number of rotatable bonds is 7. The second kappa shape index (κ2) is 12.0. The normalized spacial score (nSPS) is 10.1. The van der Waals surface area contributed by atoms with Crippen molar-refractivity contribution < 1.29 is 4.74 Å². The fourth-order valence-corrected chi connectivity index (χ4v) is 1.93. The second-order valence-electron chi connectivity index (χ2n) is 4.71. The van der Waals surface area contributed by atoms with Gasteiger partial charge in [0.15, 0.2) is 0 Å². The molecule has 0 aromatic carbocycles. The number of nitrogens with zero attached hydrogens (tertiary/aromatic N) is 1. The molecule has 1 aromatic heterocycles. The quantitative estimate of drug-likeness (QED) is 0.538. The van der Waals surface area contributed by atoms with E-state index < -0.39 is 0 Å². The van der Waals surface area contributed by atoms with Gasteiger partial charge in [-0.1, -0.05) is 52.2 Å². The molecule has 0 saturated carbocycles. The Morgan fingerprint density at radius 3 is 2.24 bits per heavy atom. The summed E-state index contributed by atoms with van der Waals surface area (Å²) >= 11 is 0. The molecular weight excluding hydrogens is 262 g/mol. The van der Waals surface area contributed by atoms with Crippen molar-refractivity contribution in [3.63, 3.8) is 0 Å². The highest BCUT2D eigenvalue weighted by atomic mass is 16.5. The van der Waals surface area contributed by atoms with Gasteiger partial charge in [0.1, 0.15) is 0 Å². The Kier molecular flexibility index (Phi) is 11.0. The smallest absolute Gasteiger partial charge is 0.251 e. The van der Waals surface area contributed by atoms with Crippen molar-refractivity contribution >= 4 is 12.2 Å². The van der Waals surface area contributed by atoms with Crippen molar-refractivity contribution in [1.29, 1.82) is 0 Å². The minimum atomic E-state index is -0.0150. The number of pyridine rings is 1. The van der Waals surface area contributed by atoms with Crippen LogP contribution in [0.4, 0.5) is 0 Å². The van der Waals surface area contributed by atoms with Crippen LogP contribution in [0.2, 0.25) is 0 Å². The van der Waals surface area contributed by atoms with Crippen LogP contribution in [0.3, 0.4) is 0 Å². The standard InChI is InChI=1S/C12H15NO2.C6H14/c1-4-10-6-7-12(14)13(5-2)11(10)8-9-15-3;1-3-5-6-4-2/h4,6-9H,1,5H2,2-3H3;3-6H2,1-2H3/b9-8+;. The molecule has 0 spiro atoms. The molecule has 0 aliphatic rings. The molecule has 0 radical (unpaired) electrons. The summed E-state index contributed by atoms with van der Waals surface area (Å²) in [4.78, 5) is 11.6. The Morgan fingerprint density at radius 1 is 1.19 bits per heavy atom. The van der Waals surface area contributed by atoms with Crippen LogP contribution in [0.15, 0.2) is 29.8 Å². The highest BCUT2D eigenvalue weighted by molar-refractivity contribution is 5.61. The molecule has 0 atom stereocenters. The van der Waals surface area contributed by atoms with E-state index in [1.165, 1.54) is 25.7 Å². The fourth-order valence-electron chi connectivity index (χ4n) is 1.93. The molecule has 0 bridgehead atoms. The average molecular weight is 291 g/mol. The van der Waals surface area contributed by atoms with Crippen molar-refractivity contribution in [1.82, 2.24) is 4.57 Å². The van der Waals surface area contributed by atoms with Crippen LogP contribution in [0, 0.1) is 0 Å².